The zero-order valence-electron chi connectivity index (χ0n) is 13.4. The van der Waals surface area contributed by atoms with Gasteiger partial charge >= 0.3 is 12.0 Å². The van der Waals surface area contributed by atoms with Crippen molar-refractivity contribution in [1.82, 2.24) is 10.2 Å². The van der Waals surface area contributed by atoms with E-state index in [-0.39, 0.29) is 12.3 Å². The van der Waals surface area contributed by atoms with Crippen LogP contribution in [0.4, 0.5) is 4.79 Å². The molecule has 0 aliphatic carbocycles. The number of hydrogen-bond donors (Lipinski definition) is 2. The standard InChI is InChI=1S/C17H16N2O6/c1-3-7-25-13-6-5-11(9-14(13)24-4-2)8-12-16(22)19(10-15(20)21)17(23)18-12/h1,5-6,8-9H,4,7,10H2,2H3,(H,18,23)(H,20,21)/b12-8+. The molecule has 25 heavy (non-hydrogen) atoms. The summed E-state index contributed by atoms with van der Waals surface area (Å²) >= 11 is 0. The third-order valence-corrected chi connectivity index (χ3v) is 3.15. The molecule has 0 saturated carbocycles. The van der Waals surface area contributed by atoms with E-state index in [1.54, 1.807) is 25.1 Å². The lowest BCUT2D eigenvalue weighted by atomic mass is 10.1. The molecule has 0 bridgehead atoms. The van der Waals surface area contributed by atoms with Crippen molar-refractivity contribution in [2.75, 3.05) is 19.8 Å². The first-order valence-corrected chi connectivity index (χ1v) is 7.35. The van der Waals surface area contributed by atoms with Gasteiger partial charge in [0.15, 0.2) is 11.5 Å². The van der Waals surface area contributed by atoms with Crippen LogP contribution in [0.2, 0.25) is 0 Å². The van der Waals surface area contributed by atoms with Gasteiger partial charge in [0, 0.05) is 0 Å². The molecule has 8 nitrogen and oxygen atoms in total. The third kappa shape index (κ3) is 4.29. The number of amides is 3. The lowest BCUT2D eigenvalue weighted by Gasteiger charge is -2.11. The van der Waals surface area contributed by atoms with Crippen LogP contribution in [-0.2, 0) is 9.59 Å². The molecule has 1 aliphatic heterocycles. The number of ether oxygens (including phenoxy) is 2. The Kier molecular flexibility index (Phi) is 5.63. The molecule has 1 fully saturated rings. The first kappa shape index (κ1) is 17.9. The van der Waals surface area contributed by atoms with Crippen molar-refractivity contribution in [1.29, 1.82) is 0 Å². The highest BCUT2D eigenvalue weighted by molar-refractivity contribution is 6.15. The van der Waals surface area contributed by atoms with E-state index in [4.69, 9.17) is 21.0 Å². The van der Waals surface area contributed by atoms with E-state index in [0.29, 0.717) is 28.6 Å². The van der Waals surface area contributed by atoms with E-state index in [1.165, 1.54) is 6.08 Å². The van der Waals surface area contributed by atoms with Crippen LogP contribution in [0.5, 0.6) is 11.5 Å². The number of hydrogen-bond acceptors (Lipinski definition) is 5. The summed E-state index contributed by atoms with van der Waals surface area (Å²) in [5.41, 5.74) is 0.545. The van der Waals surface area contributed by atoms with Crippen molar-refractivity contribution in [2.45, 2.75) is 6.92 Å². The largest absolute Gasteiger partial charge is 0.490 e. The van der Waals surface area contributed by atoms with Crippen LogP contribution in [0.15, 0.2) is 23.9 Å². The molecule has 0 radical (unpaired) electrons. The van der Waals surface area contributed by atoms with Crippen molar-refractivity contribution >= 4 is 24.0 Å². The second-order valence-corrected chi connectivity index (χ2v) is 4.91. The molecule has 3 amide bonds. The first-order chi connectivity index (χ1) is 12.0. The lowest BCUT2D eigenvalue weighted by Crippen LogP contribution is -2.35. The van der Waals surface area contributed by atoms with Gasteiger partial charge in [-0.3, -0.25) is 9.59 Å². The summed E-state index contributed by atoms with van der Waals surface area (Å²) < 4.78 is 10.8. The van der Waals surface area contributed by atoms with Gasteiger partial charge in [-0.2, -0.15) is 0 Å². The van der Waals surface area contributed by atoms with E-state index in [0.717, 1.165) is 0 Å². The summed E-state index contributed by atoms with van der Waals surface area (Å²) in [6, 6.07) is 4.13. The predicted molar refractivity (Wildman–Crippen MR) is 87.8 cm³/mol. The molecule has 0 atom stereocenters. The van der Waals surface area contributed by atoms with E-state index in [1.807, 2.05) is 0 Å². The van der Waals surface area contributed by atoms with E-state index in [9.17, 15) is 14.4 Å². The molecule has 8 heteroatoms. The molecule has 1 aliphatic rings. The summed E-state index contributed by atoms with van der Waals surface area (Å²) in [5.74, 6) is 1.26. The molecule has 0 spiro atoms. The minimum atomic E-state index is -1.28. The number of nitrogens with zero attached hydrogens (tertiary/aromatic N) is 1. The molecule has 2 rings (SSSR count). The van der Waals surface area contributed by atoms with Crippen molar-refractivity contribution in [3.8, 4) is 23.8 Å². The fraction of sp³-hybridized carbons (Fsp3) is 0.235. The number of nitrogens with one attached hydrogen (secondary N) is 1. The number of carboxylic acids is 1. The van der Waals surface area contributed by atoms with Gasteiger partial charge in [0.25, 0.3) is 5.91 Å². The Morgan fingerprint density at radius 2 is 2.12 bits per heavy atom. The number of aliphatic carboxylic acids is 1. The zero-order valence-corrected chi connectivity index (χ0v) is 13.4. The summed E-state index contributed by atoms with van der Waals surface area (Å²) in [5, 5.41) is 11.1. The van der Waals surface area contributed by atoms with Crippen LogP contribution in [0, 0.1) is 12.3 Å². The van der Waals surface area contributed by atoms with Crippen LogP contribution in [-0.4, -0.2) is 47.7 Å². The highest BCUT2D eigenvalue weighted by Gasteiger charge is 2.34. The van der Waals surface area contributed by atoms with Crippen LogP contribution in [0.3, 0.4) is 0 Å². The quantitative estimate of drug-likeness (QED) is 0.436. The third-order valence-electron chi connectivity index (χ3n) is 3.15. The van der Waals surface area contributed by atoms with Gasteiger partial charge in [-0.25, -0.2) is 9.69 Å². The van der Waals surface area contributed by atoms with Crippen molar-refractivity contribution in [2.24, 2.45) is 0 Å². The Morgan fingerprint density at radius 3 is 2.76 bits per heavy atom. The molecule has 0 aromatic heterocycles. The van der Waals surface area contributed by atoms with Crippen LogP contribution < -0.4 is 14.8 Å². The SMILES string of the molecule is C#CCOc1ccc(/C=C2/NC(=O)N(CC(=O)O)C2=O)cc1OCC. The highest BCUT2D eigenvalue weighted by atomic mass is 16.5. The molecule has 2 N–H and O–H groups in total. The molecule has 1 heterocycles. The average molecular weight is 344 g/mol. The normalized spacial score (nSPS) is 15.0. The average Bonchev–Trinajstić information content (AvgIpc) is 2.81. The maximum Gasteiger partial charge on any atom is 0.329 e. The van der Waals surface area contributed by atoms with Gasteiger partial charge in [-0.1, -0.05) is 12.0 Å². The van der Waals surface area contributed by atoms with E-state index >= 15 is 0 Å². The molecule has 1 saturated heterocycles. The molecule has 1 aromatic rings. The van der Waals surface area contributed by atoms with Gasteiger partial charge < -0.3 is 19.9 Å². The van der Waals surface area contributed by atoms with E-state index in [2.05, 4.69) is 11.2 Å². The summed E-state index contributed by atoms with van der Waals surface area (Å²) in [6.45, 7) is 1.58. The second-order valence-electron chi connectivity index (χ2n) is 4.91. The number of imide groups is 1. The summed E-state index contributed by atoms with van der Waals surface area (Å²) in [6.07, 6.45) is 6.59. The topological polar surface area (TPSA) is 105 Å². The Morgan fingerprint density at radius 1 is 1.36 bits per heavy atom. The van der Waals surface area contributed by atoms with Crippen LogP contribution in [0.25, 0.3) is 6.08 Å². The Bertz CT molecular complexity index is 778. The summed E-state index contributed by atoms with van der Waals surface area (Å²) in [4.78, 5) is 35.1. The van der Waals surface area contributed by atoms with Crippen molar-refractivity contribution in [3.63, 3.8) is 0 Å². The maximum atomic E-state index is 12.1. The van der Waals surface area contributed by atoms with Gasteiger partial charge in [0.1, 0.15) is 18.8 Å². The van der Waals surface area contributed by atoms with Crippen LogP contribution >= 0.6 is 0 Å². The number of urea groups is 1. The number of carbonyl (C=O) groups excluding carboxylic acids is 2. The number of rotatable bonds is 7. The molecule has 130 valence electrons. The minimum absolute atomic E-state index is 0.0222. The Balaban J connectivity index is 2.27. The van der Waals surface area contributed by atoms with Crippen LogP contribution in [0.1, 0.15) is 12.5 Å². The highest BCUT2D eigenvalue weighted by Crippen LogP contribution is 2.29. The van der Waals surface area contributed by atoms with Gasteiger partial charge in [-0.15, -0.1) is 6.42 Å². The maximum absolute atomic E-state index is 12.1. The minimum Gasteiger partial charge on any atom is -0.490 e. The summed E-state index contributed by atoms with van der Waals surface area (Å²) in [7, 11) is 0. The first-order valence-electron chi connectivity index (χ1n) is 7.35. The number of carboxylic acid groups (broad SMARTS) is 1. The Hall–Kier alpha value is -3.47. The van der Waals surface area contributed by atoms with Gasteiger partial charge in [-0.05, 0) is 30.7 Å². The van der Waals surface area contributed by atoms with Gasteiger partial charge in [0.2, 0.25) is 0 Å². The lowest BCUT2D eigenvalue weighted by molar-refractivity contribution is -0.140. The fourth-order valence-electron chi connectivity index (χ4n) is 2.14. The van der Waals surface area contributed by atoms with Crippen molar-refractivity contribution in [3.05, 3.63) is 29.5 Å². The zero-order chi connectivity index (χ0) is 18.4. The molecule has 0 unspecified atom stereocenters. The molecular formula is C17H16N2O6. The van der Waals surface area contributed by atoms with E-state index < -0.39 is 24.5 Å². The second kappa shape index (κ2) is 7.88. The number of benzene rings is 1. The van der Waals surface area contributed by atoms with Crippen molar-refractivity contribution < 1.29 is 29.0 Å². The molecule has 1 aromatic carbocycles. The Labute approximate surface area is 144 Å². The predicted octanol–water partition coefficient (Wildman–Crippen LogP) is 1.07. The number of terminal acetylenes is 1. The number of carbonyl (C=O) groups is 3. The fourth-order valence-corrected chi connectivity index (χ4v) is 2.14. The monoisotopic (exact) mass is 344 g/mol. The smallest absolute Gasteiger partial charge is 0.329 e. The molecular weight excluding hydrogens is 328 g/mol. The van der Waals surface area contributed by atoms with Gasteiger partial charge in [0.05, 0.1) is 6.61 Å².